The van der Waals surface area contributed by atoms with E-state index in [-0.39, 0.29) is 0 Å². The Morgan fingerprint density at radius 1 is 0.929 bits per heavy atom. The third kappa shape index (κ3) is 4.02. The molecule has 28 heavy (non-hydrogen) atoms. The molecular formula is C23H26N4S. The number of nitrogens with zero attached hydrogens (tertiary/aromatic N) is 4. The van der Waals surface area contributed by atoms with Crippen molar-refractivity contribution < 1.29 is 0 Å². The van der Waals surface area contributed by atoms with E-state index in [1.54, 1.807) is 0 Å². The second-order valence-corrected chi connectivity index (χ2v) is 9.19. The van der Waals surface area contributed by atoms with Gasteiger partial charge in [-0.1, -0.05) is 36.4 Å². The number of hydrogen-bond donors (Lipinski definition) is 0. The van der Waals surface area contributed by atoms with Crippen LogP contribution < -0.4 is 0 Å². The molecule has 0 saturated carbocycles. The van der Waals surface area contributed by atoms with Gasteiger partial charge in [-0.2, -0.15) is 0 Å². The van der Waals surface area contributed by atoms with E-state index in [1.807, 2.05) is 29.8 Å². The molecule has 0 radical (unpaired) electrons. The van der Waals surface area contributed by atoms with E-state index in [0.29, 0.717) is 6.04 Å². The molecule has 144 valence electrons. The van der Waals surface area contributed by atoms with Crippen LogP contribution in [0.1, 0.15) is 23.3 Å². The highest BCUT2D eigenvalue weighted by Crippen LogP contribution is 2.32. The highest BCUT2D eigenvalue weighted by atomic mass is 32.1. The minimum atomic E-state index is 0.651. The van der Waals surface area contributed by atoms with Gasteiger partial charge < -0.3 is 0 Å². The topological polar surface area (TPSA) is 32.3 Å². The second-order valence-electron chi connectivity index (χ2n) is 8.08. The number of pyridine rings is 1. The molecule has 2 aromatic heterocycles. The van der Waals surface area contributed by atoms with E-state index < -0.39 is 0 Å². The van der Waals surface area contributed by atoms with Crippen LogP contribution in [0, 0.1) is 5.92 Å². The van der Waals surface area contributed by atoms with Crippen molar-refractivity contribution in [2.75, 3.05) is 19.6 Å². The summed E-state index contributed by atoms with van der Waals surface area (Å²) in [4.78, 5) is 15.7. The molecule has 2 bridgehead atoms. The number of piperidine rings is 1. The van der Waals surface area contributed by atoms with Crippen molar-refractivity contribution in [2.24, 2.45) is 5.92 Å². The molecule has 3 saturated heterocycles. The SMILES string of the molecule is c1ccc(-c2ncc(CN3C[C@H]4CC[C@@H]3CN(Cc3cccnc3)C4)s2)cc1. The first-order chi connectivity index (χ1) is 13.8. The number of thiazole rings is 1. The van der Waals surface area contributed by atoms with Crippen molar-refractivity contribution in [3.8, 4) is 10.6 Å². The van der Waals surface area contributed by atoms with Crippen LogP contribution in [0.5, 0.6) is 0 Å². The van der Waals surface area contributed by atoms with E-state index in [9.17, 15) is 0 Å². The molecule has 0 amide bonds. The predicted molar refractivity (Wildman–Crippen MR) is 114 cm³/mol. The smallest absolute Gasteiger partial charge is 0.123 e. The first kappa shape index (κ1) is 18.0. The zero-order valence-corrected chi connectivity index (χ0v) is 16.9. The lowest BCUT2D eigenvalue weighted by atomic mass is 9.95. The molecule has 1 aromatic carbocycles. The minimum Gasteiger partial charge on any atom is -0.297 e. The monoisotopic (exact) mass is 390 g/mol. The molecule has 5 heteroatoms. The van der Waals surface area contributed by atoms with Crippen LogP contribution >= 0.6 is 11.3 Å². The molecule has 0 aliphatic carbocycles. The van der Waals surface area contributed by atoms with Crippen LogP contribution in [0.2, 0.25) is 0 Å². The summed E-state index contributed by atoms with van der Waals surface area (Å²) in [6.07, 6.45) is 8.63. The van der Waals surface area contributed by atoms with Gasteiger partial charge in [-0.3, -0.25) is 14.8 Å². The lowest BCUT2D eigenvalue weighted by molar-refractivity contribution is 0.124. The summed E-state index contributed by atoms with van der Waals surface area (Å²) in [5.74, 6) is 0.775. The molecule has 2 atom stereocenters. The van der Waals surface area contributed by atoms with Crippen molar-refractivity contribution in [2.45, 2.75) is 32.0 Å². The van der Waals surface area contributed by atoms with Gasteiger partial charge in [0.2, 0.25) is 0 Å². The molecular weight excluding hydrogens is 364 g/mol. The molecule has 5 heterocycles. The van der Waals surface area contributed by atoms with Crippen LogP contribution in [0.25, 0.3) is 10.6 Å². The average Bonchev–Trinajstić information content (AvgIpc) is 3.03. The van der Waals surface area contributed by atoms with E-state index in [4.69, 9.17) is 0 Å². The van der Waals surface area contributed by atoms with Crippen molar-refractivity contribution in [3.05, 3.63) is 71.5 Å². The Kier molecular flexibility index (Phi) is 5.21. The molecule has 0 N–H and O–H groups in total. The van der Waals surface area contributed by atoms with Gasteiger partial charge in [-0.05, 0) is 30.4 Å². The zero-order valence-electron chi connectivity index (χ0n) is 16.1. The van der Waals surface area contributed by atoms with Crippen LogP contribution in [0.15, 0.2) is 61.1 Å². The first-order valence-electron chi connectivity index (χ1n) is 10.2. The van der Waals surface area contributed by atoms with Crippen LogP contribution in [0.4, 0.5) is 0 Å². The fourth-order valence-corrected chi connectivity index (χ4v) is 5.59. The Morgan fingerprint density at radius 3 is 2.71 bits per heavy atom. The molecule has 0 unspecified atom stereocenters. The Labute approximate surface area is 170 Å². The molecule has 6 rings (SSSR count). The third-order valence-electron chi connectivity index (χ3n) is 5.96. The number of fused-ring (bicyclic) bond motifs is 4. The summed E-state index contributed by atoms with van der Waals surface area (Å²) >= 11 is 1.84. The Morgan fingerprint density at radius 2 is 1.86 bits per heavy atom. The van der Waals surface area contributed by atoms with Gasteiger partial charge in [0.15, 0.2) is 0 Å². The summed E-state index contributed by atoms with van der Waals surface area (Å²) in [5, 5.41) is 1.13. The normalized spacial score (nSPS) is 23.0. The Bertz CT molecular complexity index is 895. The zero-order chi connectivity index (χ0) is 18.8. The van der Waals surface area contributed by atoms with Crippen LogP contribution in [-0.4, -0.2) is 45.4 Å². The van der Waals surface area contributed by atoms with E-state index >= 15 is 0 Å². The molecule has 3 fully saturated rings. The third-order valence-corrected chi connectivity index (χ3v) is 7.00. The minimum absolute atomic E-state index is 0.651. The Hall–Kier alpha value is -2.08. The molecule has 3 aliphatic heterocycles. The summed E-state index contributed by atoms with van der Waals surface area (Å²) in [7, 11) is 0. The van der Waals surface area contributed by atoms with E-state index in [2.05, 4.69) is 62.4 Å². The summed E-state index contributed by atoms with van der Waals surface area (Å²) in [6.45, 7) is 5.64. The Balaban J connectivity index is 1.26. The van der Waals surface area contributed by atoms with Gasteiger partial charge in [0.25, 0.3) is 0 Å². The van der Waals surface area contributed by atoms with Gasteiger partial charge in [-0.15, -0.1) is 11.3 Å². The lowest BCUT2D eigenvalue weighted by Crippen LogP contribution is -2.43. The van der Waals surface area contributed by atoms with Crippen molar-refractivity contribution in [3.63, 3.8) is 0 Å². The fraction of sp³-hybridized carbons (Fsp3) is 0.391. The van der Waals surface area contributed by atoms with Crippen molar-refractivity contribution >= 4 is 11.3 Å². The quantitative estimate of drug-likeness (QED) is 0.650. The molecule has 3 aliphatic rings. The summed E-state index contributed by atoms with van der Waals surface area (Å²) in [5.41, 5.74) is 2.55. The fourth-order valence-electron chi connectivity index (χ4n) is 4.64. The van der Waals surface area contributed by atoms with Gasteiger partial charge >= 0.3 is 0 Å². The second kappa shape index (κ2) is 8.11. The highest BCUT2D eigenvalue weighted by molar-refractivity contribution is 7.15. The maximum Gasteiger partial charge on any atom is 0.123 e. The van der Waals surface area contributed by atoms with Crippen molar-refractivity contribution in [1.29, 1.82) is 0 Å². The number of hydrogen-bond acceptors (Lipinski definition) is 5. The van der Waals surface area contributed by atoms with Crippen LogP contribution in [-0.2, 0) is 13.1 Å². The summed E-state index contributed by atoms with van der Waals surface area (Å²) in [6, 6.07) is 15.4. The van der Waals surface area contributed by atoms with E-state index in [0.717, 1.165) is 30.6 Å². The van der Waals surface area contributed by atoms with Crippen molar-refractivity contribution in [1.82, 2.24) is 19.8 Å². The van der Waals surface area contributed by atoms with Gasteiger partial charge in [-0.25, -0.2) is 4.98 Å². The molecule has 0 spiro atoms. The predicted octanol–water partition coefficient (Wildman–Crippen LogP) is 4.30. The average molecular weight is 391 g/mol. The van der Waals surface area contributed by atoms with Gasteiger partial charge in [0, 0.05) is 67.8 Å². The lowest BCUT2D eigenvalue weighted by Gasteiger charge is -2.35. The largest absolute Gasteiger partial charge is 0.297 e. The number of rotatable bonds is 5. The first-order valence-corrected chi connectivity index (χ1v) is 11.0. The number of benzene rings is 1. The van der Waals surface area contributed by atoms with Crippen LogP contribution in [0.3, 0.4) is 0 Å². The maximum atomic E-state index is 4.68. The van der Waals surface area contributed by atoms with Gasteiger partial charge in [0.1, 0.15) is 5.01 Å². The van der Waals surface area contributed by atoms with Gasteiger partial charge in [0.05, 0.1) is 0 Å². The standard InChI is InChI=1S/C23H26N4S/c1-2-6-20(7-3-1)23-25-12-22(28-23)17-27-15-19-8-9-21(27)16-26(14-19)13-18-5-4-10-24-11-18/h1-7,10-12,19,21H,8-9,13-17H2/t19-,21+/m0/s1. The maximum absolute atomic E-state index is 4.68. The van der Waals surface area contributed by atoms with E-state index in [1.165, 1.54) is 41.9 Å². The molecule has 4 nitrogen and oxygen atoms in total. The highest BCUT2D eigenvalue weighted by Gasteiger charge is 2.34. The molecule has 3 aromatic rings. The number of aromatic nitrogens is 2. The summed E-state index contributed by atoms with van der Waals surface area (Å²) < 4.78 is 0.